The molecule has 10 heteroatoms. The number of nitrogens with zero attached hydrogens (tertiary/aromatic N) is 3. The van der Waals surface area contributed by atoms with Crippen LogP contribution in [0.5, 0.6) is 5.88 Å². The molecule has 0 saturated carbocycles. The molecule has 0 saturated heterocycles. The number of ether oxygens (including phenoxy) is 1. The summed E-state index contributed by atoms with van der Waals surface area (Å²) in [6, 6.07) is 13.2. The average Bonchev–Trinajstić information content (AvgIpc) is 3.26. The first-order chi connectivity index (χ1) is 13.9. The van der Waals surface area contributed by atoms with Gasteiger partial charge < -0.3 is 10.1 Å². The zero-order valence-electron chi connectivity index (χ0n) is 15.9. The van der Waals surface area contributed by atoms with Crippen molar-refractivity contribution in [2.45, 2.75) is 4.90 Å². The number of sulfonamides is 1. The van der Waals surface area contributed by atoms with Gasteiger partial charge in [0.2, 0.25) is 15.9 Å². The lowest BCUT2D eigenvalue weighted by molar-refractivity contribution is 0.0946. The summed E-state index contributed by atoms with van der Waals surface area (Å²) in [6.45, 7) is 0.497. The number of thiophene rings is 1. The van der Waals surface area contributed by atoms with Gasteiger partial charge in [0.15, 0.2) is 0 Å². The Bertz CT molecular complexity index is 1050. The molecule has 0 spiro atoms. The molecule has 152 valence electrons. The van der Waals surface area contributed by atoms with E-state index in [1.54, 1.807) is 17.4 Å². The second kappa shape index (κ2) is 9.12. The maximum Gasteiger partial charge on any atom is 0.251 e. The molecule has 3 aromatic rings. The number of amides is 1. The summed E-state index contributed by atoms with van der Waals surface area (Å²) in [5.41, 5.74) is 1.14. The molecule has 0 aliphatic carbocycles. The Hall–Kier alpha value is -2.82. The van der Waals surface area contributed by atoms with Crippen molar-refractivity contribution in [3.63, 3.8) is 0 Å². The zero-order valence-corrected chi connectivity index (χ0v) is 17.5. The topological polar surface area (TPSA) is 101 Å². The van der Waals surface area contributed by atoms with Gasteiger partial charge >= 0.3 is 0 Å². The molecule has 2 aromatic heterocycles. The Labute approximate surface area is 173 Å². The van der Waals surface area contributed by atoms with E-state index in [1.807, 2.05) is 23.6 Å². The number of hydrogen-bond acceptors (Lipinski definition) is 7. The number of carbonyl (C=O) groups is 1. The van der Waals surface area contributed by atoms with Crippen LogP contribution < -0.4 is 10.1 Å². The molecular weight excluding hydrogens is 412 g/mol. The van der Waals surface area contributed by atoms with E-state index in [0.717, 1.165) is 14.9 Å². The Morgan fingerprint density at radius 3 is 2.45 bits per heavy atom. The number of aromatic nitrogens is 2. The van der Waals surface area contributed by atoms with Crippen molar-refractivity contribution in [2.75, 3.05) is 27.2 Å². The van der Waals surface area contributed by atoms with Crippen molar-refractivity contribution in [3.05, 3.63) is 59.5 Å². The van der Waals surface area contributed by atoms with Gasteiger partial charge in [0.25, 0.3) is 5.91 Å². The molecular formula is C19H20N4O4S2. The predicted molar refractivity (Wildman–Crippen MR) is 110 cm³/mol. The number of hydrogen-bond donors (Lipinski definition) is 1. The van der Waals surface area contributed by atoms with Gasteiger partial charge in [-0.15, -0.1) is 21.5 Å². The van der Waals surface area contributed by atoms with Gasteiger partial charge in [0.05, 0.1) is 16.3 Å². The highest BCUT2D eigenvalue weighted by atomic mass is 32.2. The first-order valence-electron chi connectivity index (χ1n) is 8.69. The van der Waals surface area contributed by atoms with Gasteiger partial charge in [-0.05, 0) is 41.8 Å². The van der Waals surface area contributed by atoms with Crippen molar-refractivity contribution >= 4 is 27.3 Å². The molecule has 0 aliphatic heterocycles. The first kappa shape index (κ1) is 20.9. The lowest BCUT2D eigenvalue weighted by Crippen LogP contribution is -2.28. The normalized spacial score (nSPS) is 11.4. The summed E-state index contributed by atoms with van der Waals surface area (Å²) in [4.78, 5) is 13.3. The smallest absolute Gasteiger partial charge is 0.251 e. The van der Waals surface area contributed by atoms with Crippen molar-refractivity contribution in [1.29, 1.82) is 0 Å². The summed E-state index contributed by atoms with van der Waals surface area (Å²) in [5.74, 6) is 0.0549. The molecule has 29 heavy (non-hydrogen) atoms. The quantitative estimate of drug-likeness (QED) is 0.548. The van der Waals surface area contributed by atoms with Crippen molar-refractivity contribution in [2.24, 2.45) is 0 Å². The number of carbonyl (C=O) groups excluding carboxylic acids is 1. The fourth-order valence-electron chi connectivity index (χ4n) is 2.36. The fraction of sp³-hybridized carbons (Fsp3) is 0.211. The van der Waals surface area contributed by atoms with Crippen LogP contribution in [0.15, 0.2) is 58.8 Å². The van der Waals surface area contributed by atoms with E-state index in [2.05, 4.69) is 15.5 Å². The Kier molecular flexibility index (Phi) is 6.57. The van der Waals surface area contributed by atoms with Gasteiger partial charge in [0, 0.05) is 25.7 Å². The van der Waals surface area contributed by atoms with Gasteiger partial charge in [0.1, 0.15) is 12.3 Å². The first-order valence-corrected chi connectivity index (χ1v) is 11.0. The number of rotatable bonds is 8. The molecule has 0 radical (unpaired) electrons. The predicted octanol–water partition coefficient (Wildman–Crippen LogP) is 2.26. The van der Waals surface area contributed by atoms with E-state index in [1.165, 1.54) is 38.4 Å². The van der Waals surface area contributed by atoms with E-state index in [-0.39, 0.29) is 24.0 Å². The standard InChI is InChI=1S/C19H20N4O4S2/c1-23(2)29(25,26)15-7-5-14(6-8-15)19(24)20-11-12-27-18-10-9-16(21-22-18)17-4-3-13-28-17/h3-10,13H,11-12H2,1-2H3,(H,20,24). The van der Waals surface area contributed by atoms with Crippen LogP contribution in [0.2, 0.25) is 0 Å². The third-order valence-electron chi connectivity index (χ3n) is 3.95. The Balaban J connectivity index is 1.47. The molecule has 3 rings (SSSR count). The van der Waals surface area contributed by atoms with Crippen LogP contribution in [0.3, 0.4) is 0 Å². The highest BCUT2D eigenvalue weighted by Gasteiger charge is 2.17. The van der Waals surface area contributed by atoms with Crippen LogP contribution in [-0.4, -0.2) is 56.1 Å². The number of benzene rings is 1. The second-order valence-corrected chi connectivity index (χ2v) is 9.25. The molecule has 8 nitrogen and oxygen atoms in total. The van der Waals surface area contributed by atoms with Gasteiger partial charge in [-0.3, -0.25) is 4.79 Å². The van der Waals surface area contributed by atoms with Gasteiger partial charge in [-0.2, -0.15) is 0 Å². The van der Waals surface area contributed by atoms with Crippen LogP contribution in [0.25, 0.3) is 10.6 Å². The summed E-state index contributed by atoms with van der Waals surface area (Å²) < 4.78 is 30.7. The van der Waals surface area contributed by atoms with Crippen LogP contribution in [0, 0.1) is 0 Å². The third-order valence-corrected chi connectivity index (χ3v) is 6.67. The summed E-state index contributed by atoms with van der Waals surface area (Å²) >= 11 is 1.58. The molecule has 0 bridgehead atoms. The van der Waals surface area contributed by atoms with E-state index in [0.29, 0.717) is 11.4 Å². The van der Waals surface area contributed by atoms with Crippen molar-refractivity contribution in [3.8, 4) is 16.5 Å². The monoisotopic (exact) mass is 432 g/mol. The maximum absolute atomic E-state index is 12.2. The van der Waals surface area contributed by atoms with E-state index in [4.69, 9.17) is 4.74 Å². The highest BCUT2D eigenvalue weighted by Crippen LogP contribution is 2.22. The van der Waals surface area contributed by atoms with Crippen LogP contribution in [-0.2, 0) is 10.0 Å². The summed E-state index contributed by atoms with van der Waals surface area (Å²) in [6.07, 6.45) is 0. The Morgan fingerprint density at radius 1 is 1.10 bits per heavy atom. The van der Waals surface area contributed by atoms with Crippen LogP contribution in [0.1, 0.15) is 10.4 Å². The Morgan fingerprint density at radius 2 is 1.86 bits per heavy atom. The zero-order chi connectivity index (χ0) is 20.9. The molecule has 0 aliphatic rings. The largest absolute Gasteiger partial charge is 0.475 e. The van der Waals surface area contributed by atoms with Crippen molar-refractivity contribution in [1.82, 2.24) is 19.8 Å². The summed E-state index contributed by atoms with van der Waals surface area (Å²) in [7, 11) is -0.610. The minimum absolute atomic E-state index is 0.131. The second-order valence-electron chi connectivity index (χ2n) is 6.15. The van der Waals surface area contributed by atoms with Gasteiger partial charge in [-0.1, -0.05) is 6.07 Å². The lowest BCUT2D eigenvalue weighted by atomic mass is 10.2. The van der Waals surface area contributed by atoms with Crippen LogP contribution in [0.4, 0.5) is 0 Å². The highest BCUT2D eigenvalue weighted by molar-refractivity contribution is 7.89. The molecule has 0 unspecified atom stereocenters. The molecule has 0 atom stereocenters. The van der Waals surface area contributed by atoms with Crippen molar-refractivity contribution < 1.29 is 17.9 Å². The average molecular weight is 433 g/mol. The SMILES string of the molecule is CN(C)S(=O)(=O)c1ccc(C(=O)NCCOc2ccc(-c3cccs3)nn2)cc1. The maximum atomic E-state index is 12.2. The van der Waals surface area contributed by atoms with E-state index in [9.17, 15) is 13.2 Å². The molecule has 1 aromatic carbocycles. The summed E-state index contributed by atoms with van der Waals surface area (Å²) in [5, 5.41) is 12.8. The van der Waals surface area contributed by atoms with Gasteiger partial charge in [-0.25, -0.2) is 12.7 Å². The molecule has 1 N–H and O–H groups in total. The molecule has 2 heterocycles. The minimum atomic E-state index is -3.52. The molecule has 1 amide bonds. The van der Waals surface area contributed by atoms with Crippen LogP contribution >= 0.6 is 11.3 Å². The minimum Gasteiger partial charge on any atom is -0.475 e. The van der Waals surface area contributed by atoms with E-state index >= 15 is 0 Å². The van der Waals surface area contributed by atoms with E-state index < -0.39 is 10.0 Å². The molecule has 0 fully saturated rings. The third kappa shape index (κ3) is 5.17. The number of nitrogens with one attached hydrogen (secondary N) is 1. The lowest BCUT2D eigenvalue weighted by Gasteiger charge is -2.11. The fourth-order valence-corrected chi connectivity index (χ4v) is 3.96.